The second kappa shape index (κ2) is 6.71. The van der Waals surface area contributed by atoms with Gasteiger partial charge in [-0.25, -0.2) is 0 Å². The molecule has 4 fully saturated rings. The molecular weight excluding hydrogens is 350 g/mol. The van der Waals surface area contributed by atoms with E-state index in [-0.39, 0.29) is 23.3 Å². The van der Waals surface area contributed by atoms with Crippen molar-refractivity contribution in [1.29, 1.82) is 0 Å². The van der Waals surface area contributed by atoms with Crippen molar-refractivity contribution in [1.82, 2.24) is 15.1 Å². The van der Waals surface area contributed by atoms with Crippen LogP contribution in [0.3, 0.4) is 0 Å². The molecule has 6 rings (SSSR count). The number of nitrogens with zero attached hydrogens (tertiary/aromatic N) is 2. The van der Waals surface area contributed by atoms with E-state index in [1.807, 2.05) is 22.9 Å². The number of amides is 1. The van der Waals surface area contributed by atoms with E-state index in [2.05, 4.69) is 18.3 Å². The van der Waals surface area contributed by atoms with Crippen molar-refractivity contribution in [3.8, 4) is 0 Å². The van der Waals surface area contributed by atoms with Gasteiger partial charge in [-0.15, -0.1) is 0 Å². The molecule has 5 nitrogen and oxygen atoms in total. The van der Waals surface area contributed by atoms with Crippen molar-refractivity contribution >= 4 is 22.6 Å². The number of ketones is 1. The first-order valence-electron chi connectivity index (χ1n) is 10.9. The maximum Gasteiger partial charge on any atom is 0.272 e. The lowest BCUT2D eigenvalue weighted by atomic mass is 9.52. The van der Waals surface area contributed by atoms with E-state index in [0.717, 1.165) is 68.8 Å². The van der Waals surface area contributed by atoms with Crippen molar-refractivity contribution in [3.63, 3.8) is 0 Å². The van der Waals surface area contributed by atoms with Gasteiger partial charge >= 0.3 is 0 Å². The number of carbonyl (C=O) groups is 2. The van der Waals surface area contributed by atoms with Gasteiger partial charge < -0.3 is 5.32 Å². The molecule has 1 aromatic heterocycles. The number of hydrogen-bond acceptors (Lipinski definition) is 3. The van der Waals surface area contributed by atoms with Gasteiger partial charge in [-0.2, -0.15) is 5.10 Å². The van der Waals surface area contributed by atoms with Gasteiger partial charge in [0, 0.05) is 29.3 Å². The van der Waals surface area contributed by atoms with Crippen LogP contribution in [0.15, 0.2) is 24.3 Å². The number of rotatable bonds is 6. The highest BCUT2D eigenvalue weighted by Crippen LogP contribution is 2.54. The van der Waals surface area contributed by atoms with Gasteiger partial charge in [0.1, 0.15) is 5.78 Å². The molecule has 1 heterocycles. The summed E-state index contributed by atoms with van der Waals surface area (Å²) in [6, 6.07) is 8.03. The second-order valence-corrected chi connectivity index (χ2v) is 9.28. The third-order valence-corrected chi connectivity index (χ3v) is 7.22. The molecule has 0 aliphatic heterocycles. The second-order valence-electron chi connectivity index (χ2n) is 9.28. The van der Waals surface area contributed by atoms with Crippen LogP contribution in [-0.2, 0) is 11.3 Å². The van der Waals surface area contributed by atoms with Crippen LogP contribution in [0, 0.1) is 17.8 Å². The zero-order valence-electron chi connectivity index (χ0n) is 16.6. The highest BCUT2D eigenvalue weighted by atomic mass is 16.2. The van der Waals surface area contributed by atoms with Crippen LogP contribution in [0.25, 0.3) is 10.9 Å². The Labute approximate surface area is 165 Å². The van der Waals surface area contributed by atoms with Crippen LogP contribution < -0.4 is 5.32 Å². The Morgan fingerprint density at radius 3 is 2.68 bits per heavy atom. The summed E-state index contributed by atoms with van der Waals surface area (Å²) in [6.45, 7) is 3.03. The van der Waals surface area contributed by atoms with E-state index in [1.165, 1.54) is 0 Å². The number of para-hydroxylation sites is 1. The van der Waals surface area contributed by atoms with Crippen LogP contribution >= 0.6 is 0 Å². The molecular formula is C23H29N3O2. The average molecular weight is 380 g/mol. The Bertz CT molecular complexity index is 913. The van der Waals surface area contributed by atoms with Crippen molar-refractivity contribution in [3.05, 3.63) is 30.0 Å². The normalized spacial score (nSPS) is 30.9. The zero-order valence-corrected chi connectivity index (χ0v) is 16.6. The lowest BCUT2D eigenvalue weighted by molar-refractivity contribution is -0.142. The molecule has 0 spiro atoms. The Morgan fingerprint density at radius 2 is 1.93 bits per heavy atom. The van der Waals surface area contributed by atoms with Gasteiger partial charge in [0.15, 0.2) is 5.69 Å². The molecule has 4 aliphatic carbocycles. The van der Waals surface area contributed by atoms with Crippen LogP contribution in [0.4, 0.5) is 0 Å². The first-order valence-corrected chi connectivity index (χ1v) is 10.9. The average Bonchev–Trinajstić information content (AvgIpc) is 3.04. The first kappa shape index (κ1) is 17.9. The maximum atomic E-state index is 13.3. The molecule has 1 aromatic carbocycles. The molecule has 2 aromatic rings. The Hall–Kier alpha value is -2.17. The number of benzene rings is 1. The van der Waals surface area contributed by atoms with Gasteiger partial charge in [-0.1, -0.05) is 38.0 Å². The minimum absolute atomic E-state index is 0.0696. The fourth-order valence-corrected chi connectivity index (χ4v) is 6.18. The van der Waals surface area contributed by atoms with Crippen molar-refractivity contribution in [2.24, 2.45) is 17.8 Å². The number of aryl methyl sites for hydroxylation is 1. The maximum absolute atomic E-state index is 13.3. The van der Waals surface area contributed by atoms with Gasteiger partial charge in [-0.3, -0.25) is 14.3 Å². The fourth-order valence-electron chi connectivity index (χ4n) is 6.18. The van der Waals surface area contributed by atoms with E-state index in [1.54, 1.807) is 0 Å². The summed E-state index contributed by atoms with van der Waals surface area (Å²) in [5, 5.41) is 9.01. The number of carbonyl (C=O) groups excluding carboxylic acids is 2. The summed E-state index contributed by atoms with van der Waals surface area (Å²) >= 11 is 0. The SMILES string of the molecule is CCCCCn1nc(C(=O)NC23CC4C[C@H](C2)C(=O)[C@@H](C4)C3)c2ccccc21. The van der Waals surface area contributed by atoms with Crippen molar-refractivity contribution in [2.45, 2.75) is 70.4 Å². The predicted octanol–water partition coefficient (Wildman–Crippen LogP) is 4.10. The van der Waals surface area contributed by atoms with E-state index < -0.39 is 0 Å². The van der Waals surface area contributed by atoms with E-state index in [9.17, 15) is 9.59 Å². The lowest BCUT2D eigenvalue weighted by Gasteiger charge is -2.55. The smallest absolute Gasteiger partial charge is 0.272 e. The van der Waals surface area contributed by atoms with Crippen molar-refractivity contribution in [2.75, 3.05) is 0 Å². The topological polar surface area (TPSA) is 64.0 Å². The van der Waals surface area contributed by atoms with Gasteiger partial charge in [0.25, 0.3) is 5.91 Å². The minimum atomic E-state index is -0.200. The largest absolute Gasteiger partial charge is 0.345 e. The molecule has 0 saturated heterocycles. The molecule has 2 unspecified atom stereocenters. The van der Waals surface area contributed by atoms with E-state index in [0.29, 0.717) is 17.4 Å². The molecule has 4 bridgehead atoms. The summed E-state index contributed by atoms with van der Waals surface area (Å²) in [6.07, 6.45) is 8.12. The number of aromatic nitrogens is 2. The van der Waals surface area contributed by atoms with Gasteiger partial charge in [0.2, 0.25) is 0 Å². The first-order chi connectivity index (χ1) is 13.6. The number of hydrogen-bond donors (Lipinski definition) is 1. The molecule has 4 atom stereocenters. The summed E-state index contributed by atoms with van der Waals surface area (Å²) in [5.74, 6) is 1.30. The molecule has 4 saturated carbocycles. The number of unbranched alkanes of at least 4 members (excludes halogenated alkanes) is 2. The highest BCUT2D eigenvalue weighted by Gasteiger charge is 2.55. The van der Waals surface area contributed by atoms with E-state index in [4.69, 9.17) is 5.10 Å². The van der Waals surface area contributed by atoms with Gasteiger partial charge in [0.05, 0.1) is 5.52 Å². The molecule has 0 radical (unpaired) electrons. The van der Waals surface area contributed by atoms with Crippen LogP contribution in [-0.4, -0.2) is 27.0 Å². The third-order valence-electron chi connectivity index (χ3n) is 7.22. The molecule has 1 amide bonds. The van der Waals surface area contributed by atoms with Crippen LogP contribution in [0.5, 0.6) is 0 Å². The quantitative estimate of drug-likeness (QED) is 0.769. The zero-order chi connectivity index (χ0) is 19.3. The number of Topliss-reactive ketones (excluding diaryl/α,β-unsaturated/α-hetero) is 1. The van der Waals surface area contributed by atoms with Gasteiger partial charge in [-0.05, 0) is 50.5 Å². The molecule has 4 aliphatic rings. The lowest BCUT2D eigenvalue weighted by Crippen LogP contribution is -2.62. The standard InChI is InChI=1S/C23H29N3O2/c1-2-3-6-9-26-19-8-5-4-7-18(19)20(25-26)22(28)24-23-12-15-10-16(13-23)21(27)17(11-15)14-23/h4-5,7-8,15-17H,2-3,6,9-14H2,1H3,(H,24,28)/t15?,16-,17+,23?. The van der Waals surface area contributed by atoms with Crippen LogP contribution in [0.1, 0.15) is 68.8 Å². The molecule has 148 valence electrons. The summed E-state index contributed by atoms with van der Waals surface area (Å²) in [4.78, 5) is 25.7. The monoisotopic (exact) mass is 379 g/mol. The summed E-state index contributed by atoms with van der Waals surface area (Å²) < 4.78 is 1.99. The Kier molecular flexibility index (Phi) is 4.29. The van der Waals surface area contributed by atoms with E-state index >= 15 is 0 Å². The van der Waals surface area contributed by atoms with Crippen molar-refractivity contribution < 1.29 is 9.59 Å². The Balaban J connectivity index is 1.41. The van der Waals surface area contributed by atoms with Crippen LogP contribution in [0.2, 0.25) is 0 Å². The summed E-state index contributed by atoms with van der Waals surface area (Å²) in [7, 11) is 0. The minimum Gasteiger partial charge on any atom is -0.345 e. The molecule has 1 N–H and O–H groups in total. The summed E-state index contributed by atoms with van der Waals surface area (Å²) in [5.41, 5.74) is 1.37. The molecule has 28 heavy (non-hydrogen) atoms. The molecule has 5 heteroatoms. The number of nitrogens with one attached hydrogen (secondary N) is 1. The fraction of sp³-hybridized carbons (Fsp3) is 0.609. The Morgan fingerprint density at radius 1 is 1.18 bits per heavy atom. The number of fused-ring (bicyclic) bond motifs is 1. The third kappa shape index (κ3) is 2.87. The predicted molar refractivity (Wildman–Crippen MR) is 108 cm³/mol. The highest BCUT2D eigenvalue weighted by molar-refractivity contribution is 6.05.